The summed E-state index contributed by atoms with van der Waals surface area (Å²) in [5.41, 5.74) is 0.915. The van der Waals surface area contributed by atoms with E-state index >= 15 is 0 Å². The second-order valence-electron chi connectivity index (χ2n) is 2.45. The zero-order chi connectivity index (χ0) is 9.26. The summed E-state index contributed by atoms with van der Waals surface area (Å²) in [6.07, 6.45) is 5.60. The van der Waals surface area contributed by atoms with Gasteiger partial charge < -0.3 is 9.14 Å². The van der Waals surface area contributed by atoms with E-state index in [1.807, 2.05) is 0 Å². The molecule has 0 aliphatic heterocycles. The molecule has 5 nitrogen and oxygen atoms in total. The van der Waals surface area contributed by atoms with Crippen molar-refractivity contribution in [2.45, 2.75) is 0 Å². The van der Waals surface area contributed by atoms with Crippen molar-refractivity contribution in [1.29, 1.82) is 0 Å². The molecule has 0 bridgehead atoms. The van der Waals surface area contributed by atoms with Gasteiger partial charge in [-0.05, 0) is 0 Å². The Bertz CT molecular complexity index is 450. The minimum Gasteiger partial charge on any atom is -0.478 e. The molecule has 0 fully saturated rings. The van der Waals surface area contributed by atoms with Gasteiger partial charge >= 0.3 is 0 Å². The Morgan fingerprint density at radius 2 is 2.46 bits per heavy atom. The van der Waals surface area contributed by atoms with Crippen molar-refractivity contribution in [1.82, 2.24) is 14.4 Å². The molecule has 2 rings (SSSR count). The highest BCUT2D eigenvalue weighted by atomic mass is 16.5. The highest BCUT2D eigenvalue weighted by Crippen LogP contribution is 2.13. The molecule has 0 N–H and O–H groups in total. The maximum absolute atomic E-state index is 10.4. The normalized spacial score (nSPS) is 10.2. The van der Waals surface area contributed by atoms with E-state index in [2.05, 4.69) is 9.97 Å². The van der Waals surface area contributed by atoms with Gasteiger partial charge in [-0.2, -0.15) is 0 Å². The van der Waals surface area contributed by atoms with Crippen molar-refractivity contribution in [3.05, 3.63) is 24.3 Å². The predicted octanol–water partition coefficient (Wildman–Crippen LogP) is 0.550. The van der Waals surface area contributed by atoms with Crippen LogP contribution in [0.25, 0.3) is 5.65 Å². The molecular formula is C8H7N3O2. The molecule has 0 unspecified atom stereocenters. The number of fused-ring (bicyclic) bond motifs is 1. The van der Waals surface area contributed by atoms with Crippen molar-refractivity contribution in [3.8, 4) is 5.88 Å². The number of imidazole rings is 1. The summed E-state index contributed by atoms with van der Waals surface area (Å²) in [5, 5.41) is 0. The summed E-state index contributed by atoms with van der Waals surface area (Å²) in [5.74, 6) is 0.413. The Hall–Kier alpha value is -1.91. The second kappa shape index (κ2) is 2.85. The first-order valence-electron chi connectivity index (χ1n) is 3.68. The Kier molecular flexibility index (Phi) is 1.70. The fourth-order valence-electron chi connectivity index (χ4n) is 1.12. The topological polar surface area (TPSA) is 56.5 Å². The fraction of sp³-hybridized carbons (Fsp3) is 0.125. The first-order chi connectivity index (χ1) is 6.35. The van der Waals surface area contributed by atoms with Crippen LogP contribution in [0.5, 0.6) is 5.88 Å². The van der Waals surface area contributed by atoms with Crippen molar-refractivity contribution in [3.63, 3.8) is 0 Å². The Morgan fingerprint density at radius 1 is 1.62 bits per heavy atom. The lowest BCUT2D eigenvalue weighted by atomic mass is 10.5. The number of rotatable bonds is 2. The number of aldehydes is 1. The highest BCUT2D eigenvalue weighted by Gasteiger charge is 2.06. The van der Waals surface area contributed by atoms with Crippen LogP contribution in [-0.4, -0.2) is 27.8 Å². The molecule has 0 aliphatic carbocycles. The van der Waals surface area contributed by atoms with Crippen LogP contribution in [0.15, 0.2) is 18.6 Å². The van der Waals surface area contributed by atoms with Crippen molar-refractivity contribution in [2.75, 3.05) is 7.11 Å². The maximum atomic E-state index is 10.4. The SMILES string of the molecule is COc1nccn2cc(C=O)nc12. The summed E-state index contributed by atoms with van der Waals surface area (Å²) < 4.78 is 6.66. The average Bonchev–Trinajstić information content (AvgIpc) is 2.59. The van der Waals surface area contributed by atoms with E-state index in [4.69, 9.17) is 4.74 Å². The molecule has 2 aromatic heterocycles. The number of hydrogen-bond donors (Lipinski definition) is 0. The number of hydrogen-bond acceptors (Lipinski definition) is 4. The summed E-state index contributed by atoms with van der Waals surface area (Å²) in [4.78, 5) is 18.4. The highest BCUT2D eigenvalue weighted by molar-refractivity contribution is 5.73. The summed E-state index contributed by atoms with van der Waals surface area (Å²) in [7, 11) is 1.51. The van der Waals surface area contributed by atoms with Gasteiger partial charge in [0.1, 0.15) is 5.69 Å². The van der Waals surface area contributed by atoms with E-state index in [1.165, 1.54) is 7.11 Å². The largest absolute Gasteiger partial charge is 0.478 e. The third-order valence-electron chi connectivity index (χ3n) is 1.68. The van der Waals surface area contributed by atoms with Crippen LogP contribution < -0.4 is 4.74 Å². The van der Waals surface area contributed by atoms with Crippen LogP contribution in [0.4, 0.5) is 0 Å². The minimum atomic E-state index is 0.367. The summed E-state index contributed by atoms with van der Waals surface area (Å²) in [6, 6.07) is 0. The van der Waals surface area contributed by atoms with Gasteiger partial charge in [0.15, 0.2) is 6.29 Å². The smallest absolute Gasteiger partial charge is 0.258 e. The lowest BCUT2D eigenvalue weighted by Crippen LogP contribution is -1.92. The number of carbonyl (C=O) groups is 1. The van der Waals surface area contributed by atoms with Crippen LogP contribution in [0.1, 0.15) is 10.5 Å². The average molecular weight is 177 g/mol. The van der Waals surface area contributed by atoms with Gasteiger partial charge in [0.2, 0.25) is 5.65 Å². The van der Waals surface area contributed by atoms with Crippen molar-refractivity contribution >= 4 is 11.9 Å². The molecule has 0 amide bonds. The summed E-state index contributed by atoms with van der Waals surface area (Å²) in [6.45, 7) is 0. The standard InChI is InChI=1S/C8H7N3O2/c1-13-8-7-10-6(5-12)4-11(7)3-2-9-8/h2-5H,1H3. The van der Waals surface area contributed by atoms with E-state index in [9.17, 15) is 4.79 Å². The minimum absolute atomic E-state index is 0.367. The van der Waals surface area contributed by atoms with Crippen LogP contribution in [-0.2, 0) is 0 Å². The number of carbonyl (C=O) groups excluding carboxylic acids is 1. The molecule has 0 atom stereocenters. The van der Waals surface area contributed by atoms with Gasteiger partial charge in [0, 0.05) is 18.6 Å². The lowest BCUT2D eigenvalue weighted by molar-refractivity contribution is 0.111. The van der Waals surface area contributed by atoms with Crippen LogP contribution in [0.2, 0.25) is 0 Å². The first kappa shape index (κ1) is 7.72. The molecule has 0 saturated carbocycles. The van der Waals surface area contributed by atoms with Gasteiger partial charge in [-0.25, -0.2) is 9.97 Å². The number of nitrogens with zero attached hydrogens (tertiary/aromatic N) is 3. The van der Waals surface area contributed by atoms with E-state index in [1.54, 1.807) is 23.0 Å². The van der Waals surface area contributed by atoms with Crippen LogP contribution in [0.3, 0.4) is 0 Å². The summed E-state index contributed by atoms with van der Waals surface area (Å²) >= 11 is 0. The second-order valence-corrected chi connectivity index (χ2v) is 2.45. The van der Waals surface area contributed by atoms with Gasteiger partial charge in [0.25, 0.3) is 5.88 Å². The zero-order valence-corrected chi connectivity index (χ0v) is 6.97. The lowest BCUT2D eigenvalue weighted by Gasteiger charge is -1.98. The van der Waals surface area contributed by atoms with Crippen molar-refractivity contribution < 1.29 is 9.53 Å². The van der Waals surface area contributed by atoms with Gasteiger partial charge in [-0.1, -0.05) is 0 Å². The number of aromatic nitrogens is 3. The molecule has 0 saturated heterocycles. The third kappa shape index (κ3) is 1.14. The fourth-order valence-corrected chi connectivity index (χ4v) is 1.12. The number of ether oxygens (including phenoxy) is 1. The van der Waals surface area contributed by atoms with Crippen LogP contribution in [0, 0.1) is 0 Å². The first-order valence-corrected chi connectivity index (χ1v) is 3.68. The van der Waals surface area contributed by atoms with E-state index < -0.39 is 0 Å². The third-order valence-corrected chi connectivity index (χ3v) is 1.68. The maximum Gasteiger partial charge on any atom is 0.258 e. The van der Waals surface area contributed by atoms with Gasteiger partial charge in [-0.15, -0.1) is 0 Å². The zero-order valence-electron chi connectivity index (χ0n) is 6.97. The molecule has 13 heavy (non-hydrogen) atoms. The Labute approximate surface area is 74.0 Å². The predicted molar refractivity (Wildman–Crippen MR) is 44.9 cm³/mol. The van der Waals surface area contributed by atoms with E-state index in [-0.39, 0.29) is 0 Å². The molecule has 66 valence electrons. The van der Waals surface area contributed by atoms with E-state index in [0.717, 1.165) is 0 Å². The molecule has 0 aliphatic rings. The molecular weight excluding hydrogens is 170 g/mol. The van der Waals surface area contributed by atoms with E-state index in [0.29, 0.717) is 23.5 Å². The van der Waals surface area contributed by atoms with Gasteiger partial charge in [-0.3, -0.25) is 4.79 Å². The molecule has 5 heteroatoms. The molecule has 0 spiro atoms. The molecule has 0 radical (unpaired) electrons. The Morgan fingerprint density at radius 3 is 3.15 bits per heavy atom. The quantitative estimate of drug-likeness (QED) is 0.628. The Balaban J connectivity index is 2.74. The number of methoxy groups -OCH3 is 1. The molecule has 2 aromatic rings. The monoisotopic (exact) mass is 177 g/mol. The molecule has 0 aromatic carbocycles. The van der Waals surface area contributed by atoms with Crippen molar-refractivity contribution in [2.24, 2.45) is 0 Å². The van der Waals surface area contributed by atoms with Crippen LogP contribution >= 0.6 is 0 Å². The molecule has 2 heterocycles. The van der Waals surface area contributed by atoms with Gasteiger partial charge in [0.05, 0.1) is 7.11 Å².